The summed E-state index contributed by atoms with van der Waals surface area (Å²) >= 11 is 4.88. The number of carboxylic acid groups (broad SMARTS) is 3. The van der Waals surface area contributed by atoms with Crippen LogP contribution in [0.5, 0.6) is 0 Å². The van der Waals surface area contributed by atoms with Crippen LogP contribution in [0.2, 0.25) is 0 Å². The van der Waals surface area contributed by atoms with Gasteiger partial charge in [-0.25, -0.2) is 4.79 Å². The maximum absolute atomic E-state index is 10.3. The Labute approximate surface area is 107 Å². The van der Waals surface area contributed by atoms with Crippen molar-refractivity contribution >= 4 is 36.9 Å². The Morgan fingerprint density at radius 2 is 1.27 bits per heavy atom. The molecular formula is C6H8AgIO7. The Hall–Kier alpha value is -0.160. The Morgan fingerprint density at radius 1 is 1.00 bits per heavy atom. The summed E-state index contributed by atoms with van der Waals surface area (Å²) in [7, 11) is 0. The number of halogens is 1. The van der Waals surface area contributed by atoms with Crippen molar-refractivity contribution in [2.45, 2.75) is 18.4 Å². The molecule has 0 radical (unpaired) electrons. The molecule has 0 heterocycles. The van der Waals surface area contributed by atoms with Gasteiger partial charge in [-0.2, -0.15) is 0 Å². The number of carbonyl (C=O) groups is 3. The Balaban J connectivity index is 0. The van der Waals surface area contributed by atoms with E-state index in [1.807, 2.05) is 19.0 Å². The summed E-state index contributed by atoms with van der Waals surface area (Å²) in [6, 6.07) is 0. The molecule has 0 aromatic carbocycles. The molecule has 0 aliphatic rings. The van der Waals surface area contributed by atoms with Crippen LogP contribution in [0, 0.1) is 0 Å². The van der Waals surface area contributed by atoms with Crippen molar-refractivity contribution in [3.05, 3.63) is 0 Å². The predicted molar refractivity (Wildman–Crippen MR) is 51.1 cm³/mol. The molecule has 0 aliphatic carbocycles. The molecule has 15 heavy (non-hydrogen) atoms. The van der Waals surface area contributed by atoms with Gasteiger partial charge in [0, 0.05) is 0 Å². The van der Waals surface area contributed by atoms with Crippen LogP contribution in [0.3, 0.4) is 0 Å². The molecule has 0 saturated carbocycles. The molecule has 0 unspecified atom stereocenters. The molecule has 0 rings (SSSR count). The summed E-state index contributed by atoms with van der Waals surface area (Å²) in [4.78, 5) is 30.5. The fourth-order valence-corrected chi connectivity index (χ4v) is 0.714. The van der Waals surface area contributed by atoms with Gasteiger partial charge >= 0.3 is 54.2 Å². The molecule has 0 saturated heterocycles. The average Bonchev–Trinajstić information content (AvgIpc) is 2.04. The van der Waals surface area contributed by atoms with Crippen molar-refractivity contribution in [1.29, 1.82) is 0 Å². The first-order valence-corrected chi connectivity index (χ1v) is 7.69. The Bertz CT molecular complexity index is 238. The fourth-order valence-electron chi connectivity index (χ4n) is 0.714. The van der Waals surface area contributed by atoms with Gasteiger partial charge in [0.2, 0.25) is 0 Å². The number of rotatable bonds is 5. The molecular weight excluding hydrogens is 419 g/mol. The number of aliphatic hydroxyl groups is 1. The van der Waals surface area contributed by atoms with Gasteiger partial charge in [-0.05, 0) is 0 Å². The van der Waals surface area contributed by atoms with Crippen LogP contribution in [-0.4, -0.2) is 43.9 Å². The zero-order valence-electron chi connectivity index (χ0n) is 7.11. The van der Waals surface area contributed by atoms with E-state index in [4.69, 9.17) is 20.4 Å². The molecule has 0 fully saturated rings. The maximum atomic E-state index is 10.3. The summed E-state index contributed by atoms with van der Waals surface area (Å²) in [5.41, 5.74) is -2.74. The van der Waals surface area contributed by atoms with Crippen molar-refractivity contribution in [2.24, 2.45) is 0 Å². The summed E-state index contributed by atoms with van der Waals surface area (Å²) in [6.45, 7) is 0. The Morgan fingerprint density at radius 3 is 1.40 bits per heavy atom. The van der Waals surface area contributed by atoms with Crippen molar-refractivity contribution in [3.8, 4) is 0 Å². The normalized spacial score (nSPS) is 9.87. The van der Waals surface area contributed by atoms with E-state index in [9.17, 15) is 14.4 Å². The summed E-state index contributed by atoms with van der Waals surface area (Å²) < 4.78 is 0. The first-order chi connectivity index (χ1) is 6.78. The van der Waals surface area contributed by atoms with E-state index in [1.54, 1.807) is 0 Å². The minimum atomic E-state index is -2.74. The van der Waals surface area contributed by atoms with Gasteiger partial charge in [0.05, 0.1) is 12.8 Å². The van der Waals surface area contributed by atoms with Crippen molar-refractivity contribution in [2.75, 3.05) is 0 Å². The first-order valence-electron chi connectivity index (χ1n) is 3.28. The topological polar surface area (TPSA) is 132 Å². The Kier molecular flexibility index (Phi) is 9.25. The van der Waals surface area contributed by atoms with Gasteiger partial charge in [-0.1, -0.05) is 0 Å². The molecule has 0 aromatic heterocycles. The zero-order chi connectivity index (χ0) is 12.6. The standard InChI is InChI=1S/C6H8O7.Ag.HI/c7-3(8)1-6(13,5(11)12)2-4(9)10;;/h13H,1-2H2,(H,7,8)(H,9,10)(H,11,12);;1H/q;+1;/p-1. The molecule has 0 amide bonds. The third kappa shape index (κ3) is 7.73. The van der Waals surface area contributed by atoms with Gasteiger partial charge in [-0.15, -0.1) is 0 Å². The second-order valence-corrected chi connectivity index (χ2v) is 2.48. The summed E-state index contributed by atoms with van der Waals surface area (Å²) in [5.74, 6) is -5.02. The number of hydrogen-bond donors (Lipinski definition) is 4. The van der Waals surface area contributed by atoms with Gasteiger partial charge in [-0.3, -0.25) is 9.59 Å². The van der Waals surface area contributed by atoms with Crippen LogP contribution in [-0.2, 0) is 31.6 Å². The van der Waals surface area contributed by atoms with E-state index in [0.29, 0.717) is 0 Å². The number of aliphatic carboxylic acids is 3. The van der Waals surface area contributed by atoms with Crippen molar-refractivity contribution in [3.63, 3.8) is 0 Å². The quantitative estimate of drug-likeness (QED) is 0.348. The number of hydrogen-bond acceptors (Lipinski definition) is 4. The molecule has 4 N–H and O–H groups in total. The third-order valence-electron chi connectivity index (χ3n) is 1.29. The van der Waals surface area contributed by atoms with E-state index < -0.39 is 36.4 Å². The van der Waals surface area contributed by atoms with Crippen molar-refractivity contribution < 1.29 is 52.1 Å². The van der Waals surface area contributed by atoms with Crippen LogP contribution < -0.4 is 0 Å². The monoisotopic (exact) mass is 426 g/mol. The average molecular weight is 427 g/mol. The van der Waals surface area contributed by atoms with E-state index in [-0.39, 0.29) is 0 Å². The van der Waals surface area contributed by atoms with Crippen molar-refractivity contribution in [1.82, 2.24) is 0 Å². The first kappa shape index (κ1) is 17.2. The van der Waals surface area contributed by atoms with Crippen LogP contribution >= 0.6 is 19.0 Å². The molecule has 0 atom stereocenters. The van der Waals surface area contributed by atoms with Crippen LogP contribution in [0.25, 0.3) is 0 Å². The minimum absolute atomic E-state index is 1.14. The van der Waals surface area contributed by atoms with E-state index in [1.165, 1.54) is 0 Å². The molecule has 0 spiro atoms. The predicted octanol–water partition coefficient (Wildman–Crippen LogP) is -0.365. The second kappa shape index (κ2) is 8.05. The number of carboxylic acids is 3. The third-order valence-corrected chi connectivity index (χ3v) is 1.29. The van der Waals surface area contributed by atoms with Gasteiger partial charge in [0.15, 0.2) is 5.60 Å². The SMILES string of the molecule is O=C(O)CC(O)(CC(=O)O)C(=O)O.[Ag][I]. The van der Waals surface area contributed by atoms with Crippen LogP contribution in [0.15, 0.2) is 0 Å². The second-order valence-electron chi connectivity index (χ2n) is 2.48. The molecule has 7 nitrogen and oxygen atoms in total. The van der Waals surface area contributed by atoms with E-state index >= 15 is 0 Å². The molecule has 0 aromatic rings. The van der Waals surface area contributed by atoms with Crippen LogP contribution in [0.4, 0.5) is 0 Å². The molecule has 0 bridgehead atoms. The summed E-state index contributed by atoms with van der Waals surface area (Å²) in [6.07, 6.45) is -2.29. The van der Waals surface area contributed by atoms with Gasteiger partial charge < -0.3 is 20.4 Å². The fraction of sp³-hybridized carbons (Fsp3) is 0.500. The van der Waals surface area contributed by atoms with Gasteiger partial charge in [0.25, 0.3) is 0 Å². The van der Waals surface area contributed by atoms with Crippen LogP contribution in [0.1, 0.15) is 12.8 Å². The molecule has 0 aliphatic heterocycles. The molecule has 92 valence electrons. The van der Waals surface area contributed by atoms with E-state index in [2.05, 4.69) is 17.3 Å². The van der Waals surface area contributed by atoms with E-state index in [0.717, 1.165) is 0 Å². The van der Waals surface area contributed by atoms with Gasteiger partial charge in [0.1, 0.15) is 0 Å². The zero-order valence-corrected chi connectivity index (χ0v) is 10.7. The summed E-state index contributed by atoms with van der Waals surface area (Å²) in [5, 5.41) is 33.8. The molecule has 9 heteroatoms.